The van der Waals surface area contributed by atoms with Crippen LogP contribution in [0.1, 0.15) is 39.0 Å². The van der Waals surface area contributed by atoms with Gasteiger partial charge in [-0.1, -0.05) is 32.6 Å². The third kappa shape index (κ3) is 9.11. The van der Waals surface area contributed by atoms with E-state index in [0.29, 0.717) is 6.54 Å². The van der Waals surface area contributed by atoms with E-state index in [4.69, 9.17) is 0 Å². The van der Waals surface area contributed by atoms with Gasteiger partial charge >= 0.3 is 6.09 Å². The first-order valence-electron chi connectivity index (χ1n) is 4.77. The number of nitrogens with one attached hydrogen (secondary N) is 1. The van der Waals surface area contributed by atoms with E-state index >= 15 is 0 Å². The maximum Gasteiger partial charge on any atom is 0.409 e. The van der Waals surface area contributed by atoms with Crippen molar-refractivity contribution in [3.63, 3.8) is 0 Å². The lowest BCUT2D eigenvalue weighted by Crippen LogP contribution is -2.24. The van der Waals surface area contributed by atoms with Crippen LogP contribution in [0.25, 0.3) is 0 Å². The van der Waals surface area contributed by atoms with Crippen molar-refractivity contribution in [2.45, 2.75) is 39.0 Å². The molecule has 0 aliphatic carbocycles. The van der Waals surface area contributed by atoms with Crippen molar-refractivity contribution in [2.75, 3.05) is 13.4 Å². The molecule has 78 valence electrons. The van der Waals surface area contributed by atoms with E-state index in [9.17, 15) is 9.18 Å². The second-order valence-corrected chi connectivity index (χ2v) is 2.88. The van der Waals surface area contributed by atoms with Crippen LogP contribution in [0.3, 0.4) is 0 Å². The zero-order chi connectivity index (χ0) is 9.94. The summed E-state index contributed by atoms with van der Waals surface area (Å²) in [6.45, 7) is 1.67. The Balaban J connectivity index is 3.02. The van der Waals surface area contributed by atoms with Crippen LogP contribution in [0.2, 0.25) is 0 Å². The van der Waals surface area contributed by atoms with Gasteiger partial charge in [0.2, 0.25) is 6.86 Å². The summed E-state index contributed by atoms with van der Waals surface area (Å²) in [7, 11) is 0. The number of rotatable bonds is 7. The molecule has 13 heavy (non-hydrogen) atoms. The quantitative estimate of drug-likeness (QED) is 0.628. The first kappa shape index (κ1) is 12.2. The molecular formula is C9H18FNO2. The van der Waals surface area contributed by atoms with Crippen LogP contribution in [0.4, 0.5) is 9.18 Å². The molecule has 0 saturated carbocycles. The normalized spacial score (nSPS) is 9.69. The highest BCUT2D eigenvalue weighted by Gasteiger charge is 1.98. The summed E-state index contributed by atoms with van der Waals surface area (Å²) in [6, 6.07) is 0. The number of unbranched alkanes of at least 4 members (excludes halogenated alkanes) is 4. The second-order valence-electron chi connectivity index (χ2n) is 2.88. The lowest BCUT2D eigenvalue weighted by molar-refractivity contribution is 0.0982. The summed E-state index contributed by atoms with van der Waals surface area (Å²) in [5.74, 6) is 0. The van der Waals surface area contributed by atoms with E-state index < -0.39 is 13.0 Å². The van der Waals surface area contributed by atoms with Crippen molar-refractivity contribution in [1.82, 2.24) is 5.32 Å². The van der Waals surface area contributed by atoms with Crippen LogP contribution in [0, 0.1) is 0 Å². The average molecular weight is 191 g/mol. The molecule has 0 aliphatic rings. The highest BCUT2D eigenvalue weighted by Crippen LogP contribution is 2.00. The summed E-state index contributed by atoms with van der Waals surface area (Å²) >= 11 is 0. The Kier molecular flexibility index (Phi) is 8.72. The third-order valence-electron chi connectivity index (χ3n) is 1.74. The first-order valence-corrected chi connectivity index (χ1v) is 4.77. The lowest BCUT2D eigenvalue weighted by Gasteiger charge is -2.03. The van der Waals surface area contributed by atoms with Gasteiger partial charge in [-0.25, -0.2) is 9.18 Å². The zero-order valence-electron chi connectivity index (χ0n) is 8.14. The van der Waals surface area contributed by atoms with Gasteiger partial charge < -0.3 is 10.1 Å². The van der Waals surface area contributed by atoms with Crippen molar-refractivity contribution in [3.8, 4) is 0 Å². The van der Waals surface area contributed by atoms with Gasteiger partial charge in [-0.15, -0.1) is 0 Å². The SMILES string of the molecule is CCCCCCCNC(=O)OCF. The standard InChI is InChI=1S/C9H18FNO2/c1-2-3-4-5-6-7-11-9(12)13-8-10/h2-8H2,1H3,(H,11,12). The van der Waals surface area contributed by atoms with E-state index in [0.717, 1.165) is 12.8 Å². The topological polar surface area (TPSA) is 38.3 Å². The Bertz CT molecular complexity index is 131. The molecule has 0 atom stereocenters. The molecule has 0 rings (SSSR count). The van der Waals surface area contributed by atoms with Gasteiger partial charge in [-0.3, -0.25) is 0 Å². The van der Waals surface area contributed by atoms with Gasteiger partial charge in [-0.2, -0.15) is 0 Å². The van der Waals surface area contributed by atoms with Gasteiger partial charge in [0.05, 0.1) is 0 Å². The van der Waals surface area contributed by atoms with Crippen LogP contribution in [0.15, 0.2) is 0 Å². The molecule has 0 unspecified atom stereocenters. The fourth-order valence-corrected chi connectivity index (χ4v) is 1.02. The zero-order valence-corrected chi connectivity index (χ0v) is 8.14. The smallest absolute Gasteiger partial charge is 0.409 e. The fraction of sp³-hybridized carbons (Fsp3) is 0.889. The molecule has 0 bridgehead atoms. The number of carbonyl (C=O) groups excluding carboxylic acids is 1. The molecule has 0 heterocycles. The maximum absolute atomic E-state index is 11.4. The van der Waals surface area contributed by atoms with Crippen LogP contribution in [0.5, 0.6) is 0 Å². The van der Waals surface area contributed by atoms with E-state index in [1.807, 2.05) is 0 Å². The molecule has 3 nitrogen and oxygen atoms in total. The Morgan fingerprint density at radius 3 is 2.62 bits per heavy atom. The number of amides is 1. The molecular weight excluding hydrogens is 173 g/mol. The van der Waals surface area contributed by atoms with Crippen molar-refractivity contribution in [2.24, 2.45) is 0 Å². The third-order valence-corrected chi connectivity index (χ3v) is 1.74. The number of alkyl halides is 1. The van der Waals surface area contributed by atoms with E-state index in [1.165, 1.54) is 19.3 Å². The van der Waals surface area contributed by atoms with Crippen molar-refractivity contribution in [1.29, 1.82) is 0 Å². The largest absolute Gasteiger partial charge is 0.418 e. The molecule has 0 aromatic carbocycles. The van der Waals surface area contributed by atoms with Gasteiger partial charge in [0, 0.05) is 6.54 Å². The van der Waals surface area contributed by atoms with Crippen LogP contribution in [-0.4, -0.2) is 19.5 Å². The van der Waals surface area contributed by atoms with Crippen LogP contribution >= 0.6 is 0 Å². The Labute approximate surface area is 78.6 Å². The molecule has 0 spiro atoms. The van der Waals surface area contributed by atoms with Gasteiger partial charge in [0.1, 0.15) is 0 Å². The number of ether oxygens (including phenoxy) is 1. The minimum absolute atomic E-state index is 0.572. The first-order chi connectivity index (χ1) is 6.31. The Morgan fingerprint density at radius 2 is 2.00 bits per heavy atom. The van der Waals surface area contributed by atoms with Crippen LogP contribution in [-0.2, 0) is 4.74 Å². The monoisotopic (exact) mass is 191 g/mol. The van der Waals surface area contributed by atoms with Crippen molar-refractivity contribution >= 4 is 6.09 Å². The highest BCUT2D eigenvalue weighted by molar-refractivity contribution is 5.66. The molecule has 0 aromatic heterocycles. The summed E-state index contributed by atoms with van der Waals surface area (Å²) in [5.41, 5.74) is 0. The fourth-order valence-electron chi connectivity index (χ4n) is 1.02. The molecule has 1 amide bonds. The second kappa shape index (κ2) is 9.29. The number of hydrogen-bond donors (Lipinski definition) is 1. The number of hydrogen-bond acceptors (Lipinski definition) is 2. The number of halogens is 1. The van der Waals surface area contributed by atoms with E-state index in [1.54, 1.807) is 0 Å². The average Bonchev–Trinajstić information content (AvgIpc) is 2.11. The number of alkyl carbamates (subject to hydrolysis) is 1. The van der Waals surface area contributed by atoms with E-state index in [-0.39, 0.29) is 0 Å². The Hall–Kier alpha value is -0.800. The Morgan fingerprint density at radius 1 is 1.31 bits per heavy atom. The van der Waals surface area contributed by atoms with Crippen LogP contribution < -0.4 is 5.32 Å². The summed E-state index contributed by atoms with van der Waals surface area (Å²) in [5, 5.41) is 2.46. The number of carbonyl (C=O) groups is 1. The predicted octanol–water partition coefficient (Wildman–Crippen LogP) is 2.61. The van der Waals surface area contributed by atoms with Gasteiger partial charge in [0.15, 0.2) is 0 Å². The minimum atomic E-state index is -1.05. The molecule has 4 heteroatoms. The predicted molar refractivity (Wildman–Crippen MR) is 49.2 cm³/mol. The van der Waals surface area contributed by atoms with Crippen molar-refractivity contribution in [3.05, 3.63) is 0 Å². The summed E-state index contributed by atoms with van der Waals surface area (Å²) in [4.78, 5) is 10.6. The van der Waals surface area contributed by atoms with Gasteiger partial charge in [0.25, 0.3) is 0 Å². The molecule has 0 saturated heterocycles. The maximum atomic E-state index is 11.4. The molecule has 0 radical (unpaired) electrons. The highest BCUT2D eigenvalue weighted by atomic mass is 19.1. The molecule has 0 aromatic rings. The van der Waals surface area contributed by atoms with E-state index in [2.05, 4.69) is 17.0 Å². The minimum Gasteiger partial charge on any atom is -0.418 e. The molecule has 0 aliphatic heterocycles. The summed E-state index contributed by atoms with van der Waals surface area (Å²) < 4.78 is 15.5. The summed E-state index contributed by atoms with van der Waals surface area (Å²) in [6.07, 6.45) is 4.99. The lowest BCUT2D eigenvalue weighted by atomic mass is 10.1. The molecule has 0 fully saturated rings. The molecule has 1 N–H and O–H groups in total. The van der Waals surface area contributed by atoms with Gasteiger partial charge in [-0.05, 0) is 6.42 Å². The van der Waals surface area contributed by atoms with Crippen molar-refractivity contribution < 1.29 is 13.9 Å².